The van der Waals surface area contributed by atoms with Crippen molar-refractivity contribution >= 4 is 17.5 Å². The van der Waals surface area contributed by atoms with E-state index in [0.29, 0.717) is 16.4 Å². The minimum absolute atomic E-state index is 0.0576. The Morgan fingerprint density at radius 3 is 2.67 bits per heavy atom. The molecule has 4 nitrogen and oxygen atoms in total. The fourth-order valence-electron chi connectivity index (χ4n) is 1.33. The maximum absolute atomic E-state index is 11.9. The van der Waals surface area contributed by atoms with E-state index in [1.54, 1.807) is 26.0 Å². The van der Waals surface area contributed by atoms with Crippen molar-refractivity contribution in [3.63, 3.8) is 0 Å². The fraction of sp³-hybridized carbons (Fsp3) is 0.538. The lowest BCUT2D eigenvalue weighted by Crippen LogP contribution is -2.44. The number of hydrogen-bond acceptors (Lipinski definition) is 3. The van der Waals surface area contributed by atoms with Gasteiger partial charge in [0.2, 0.25) is 0 Å². The Morgan fingerprint density at radius 1 is 1.56 bits per heavy atom. The maximum atomic E-state index is 11.9. The van der Waals surface area contributed by atoms with Crippen LogP contribution in [0, 0.1) is 12.8 Å². The highest BCUT2D eigenvalue weighted by atomic mass is 35.5. The zero-order valence-electron chi connectivity index (χ0n) is 11.1. The van der Waals surface area contributed by atoms with Gasteiger partial charge < -0.3 is 10.4 Å². The first-order valence-corrected chi connectivity index (χ1v) is 6.25. The van der Waals surface area contributed by atoms with E-state index in [1.807, 2.05) is 13.8 Å². The quantitative estimate of drug-likeness (QED) is 0.825. The summed E-state index contributed by atoms with van der Waals surface area (Å²) in [6.07, 6.45) is 0. The van der Waals surface area contributed by atoms with Crippen LogP contribution < -0.4 is 5.32 Å². The molecule has 5 heteroatoms. The molecule has 1 aromatic heterocycles. The highest BCUT2D eigenvalue weighted by Crippen LogP contribution is 2.15. The zero-order chi connectivity index (χ0) is 13.9. The summed E-state index contributed by atoms with van der Waals surface area (Å²) >= 11 is 5.73. The van der Waals surface area contributed by atoms with Crippen LogP contribution in [-0.4, -0.2) is 28.1 Å². The first kappa shape index (κ1) is 14.9. The van der Waals surface area contributed by atoms with E-state index in [9.17, 15) is 9.90 Å². The van der Waals surface area contributed by atoms with E-state index in [-0.39, 0.29) is 18.4 Å². The van der Waals surface area contributed by atoms with E-state index in [0.717, 1.165) is 0 Å². The van der Waals surface area contributed by atoms with Crippen LogP contribution in [-0.2, 0) is 0 Å². The lowest BCUT2D eigenvalue weighted by Gasteiger charge is -2.27. The number of nitrogens with zero attached hydrogens (tertiary/aromatic N) is 1. The van der Waals surface area contributed by atoms with E-state index in [2.05, 4.69) is 10.3 Å². The number of carbonyl (C=O) groups is 1. The van der Waals surface area contributed by atoms with Gasteiger partial charge >= 0.3 is 0 Å². The second-order valence-corrected chi connectivity index (χ2v) is 5.35. The summed E-state index contributed by atoms with van der Waals surface area (Å²) < 4.78 is 0. The molecule has 0 bridgehead atoms. The second-order valence-electron chi connectivity index (χ2n) is 4.96. The third-order valence-electron chi connectivity index (χ3n) is 3.15. The molecule has 100 valence electrons. The van der Waals surface area contributed by atoms with Crippen molar-refractivity contribution in [3.8, 4) is 0 Å². The number of rotatable bonds is 4. The lowest BCUT2D eigenvalue weighted by atomic mass is 9.92. The van der Waals surface area contributed by atoms with Crippen LogP contribution in [0.5, 0.6) is 0 Å². The number of nitrogens with one attached hydrogen (secondary N) is 1. The molecule has 0 aromatic carbocycles. The summed E-state index contributed by atoms with van der Waals surface area (Å²) in [4.78, 5) is 16.0. The number of halogens is 1. The summed E-state index contributed by atoms with van der Waals surface area (Å²) in [7, 11) is 0. The SMILES string of the molecule is Cc1nc(Cl)ccc1C(=O)NCC(C)(O)C(C)C. The Hall–Kier alpha value is -1.13. The van der Waals surface area contributed by atoms with Gasteiger partial charge in [0.25, 0.3) is 5.91 Å². The summed E-state index contributed by atoms with van der Waals surface area (Å²) in [5.41, 5.74) is 0.117. The van der Waals surface area contributed by atoms with Crippen molar-refractivity contribution in [2.75, 3.05) is 6.54 Å². The Labute approximate surface area is 112 Å². The first-order chi connectivity index (χ1) is 8.24. The van der Waals surface area contributed by atoms with E-state index in [1.165, 1.54) is 0 Å². The average molecular weight is 271 g/mol. The molecule has 1 atom stereocenters. The highest BCUT2D eigenvalue weighted by Gasteiger charge is 2.25. The second kappa shape index (κ2) is 5.67. The average Bonchev–Trinajstić information content (AvgIpc) is 2.25. The Bertz CT molecular complexity index is 445. The van der Waals surface area contributed by atoms with Crippen molar-refractivity contribution < 1.29 is 9.90 Å². The number of carbonyl (C=O) groups excluding carboxylic acids is 1. The third-order valence-corrected chi connectivity index (χ3v) is 3.36. The largest absolute Gasteiger partial charge is 0.388 e. The van der Waals surface area contributed by atoms with Gasteiger partial charge in [-0.3, -0.25) is 4.79 Å². The van der Waals surface area contributed by atoms with Gasteiger partial charge in [0.15, 0.2) is 0 Å². The van der Waals surface area contributed by atoms with Crippen molar-refractivity contribution in [1.82, 2.24) is 10.3 Å². The molecule has 0 saturated heterocycles. The molecule has 1 amide bonds. The minimum Gasteiger partial charge on any atom is -0.388 e. The Morgan fingerprint density at radius 2 is 2.17 bits per heavy atom. The molecule has 18 heavy (non-hydrogen) atoms. The molecule has 1 aromatic rings. The maximum Gasteiger partial charge on any atom is 0.253 e. The number of aromatic nitrogens is 1. The molecule has 2 N–H and O–H groups in total. The van der Waals surface area contributed by atoms with Crippen LogP contribution >= 0.6 is 11.6 Å². The number of aliphatic hydroxyl groups is 1. The van der Waals surface area contributed by atoms with Crippen LogP contribution in [0.25, 0.3) is 0 Å². The molecule has 0 fully saturated rings. The molecule has 1 unspecified atom stereocenters. The zero-order valence-corrected chi connectivity index (χ0v) is 11.9. The number of pyridine rings is 1. The molecule has 0 aliphatic carbocycles. The smallest absolute Gasteiger partial charge is 0.253 e. The van der Waals surface area contributed by atoms with Gasteiger partial charge in [-0.15, -0.1) is 0 Å². The van der Waals surface area contributed by atoms with Gasteiger partial charge in [-0.05, 0) is 31.9 Å². The van der Waals surface area contributed by atoms with Gasteiger partial charge in [-0.2, -0.15) is 0 Å². The summed E-state index contributed by atoms with van der Waals surface area (Å²) in [5.74, 6) is -0.195. The molecule has 1 rings (SSSR count). The fourth-order valence-corrected chi connectivity index (χ4v) is 1.52. The molecular weight excluding hydrogens is 252 g/mol. The molecule has 0 aliphatic heterocycles. The topological polar surface area (TPSA) is 62.2 Å². The lowest BCUT2D eigenvalue weighted by molar-refractivity contribution is 0.0142. The van der Waals surface area contributed by atoms with Gasteiger partial charge in [0, 0.05) is 6.54 Å². The van der Waals surface area contributed by atoms with E-state index >= 15 is 0 Å². The Balaban J connectivity index is 2.72. The van der Waals surface area contributed by atoms with Crippen molar-refractivity contribution in [2.45, 2.75) is 33.3 Å². The minimum atomic E-state index is -0.927. The number of aryl methyl sites for hydroxylation is 1. The van der Waals surface area contributed by atoms with Gasteiger partial charge in [-0.1, -0.05) is 25.4 Å². The molecule has 1 heterocycles. The third kappa shape index (κ3) is 3.68. The van der Waals surface area contributed by atoms with Crippen LogP contribution in [0.3, 0.4) is 0 Å². The number of hydrogen-bond donors (Lipinski definition) is 2. The van der Waals surface area contributed by atoms with Gasteiger partial charge in [0.1, 0.15) is 5.15 Å². The van der Waals surface area contributed by atoms with Gasteiger partial charge in [-0.25, -0.2) is 4.98 Å². The van der Waals surface area contributed by atoms with E-state index < -0.39 is 5.60 Å². The molecular formula is C13H19ClN2O2. The summed E-state index contributed by atoms with van der Waals surface area (Å²) in [6, 6.07) is 3.20. The predicted molar refractivity (Wildman–Crippen MR) is 71.8 cm³/mol. The van der Waals surface area contributed by atoms with Crippen LogP contribution in [0.4, 0.5) is 0 Å². The summed E-state index contributed by atoms with van der Waals surface area (Å²) in [5, 5.41) is 13.1. The first-order valence-electron chi connectivity index (χ1n) is 5.88. The van der Waals surface area contributed by atoms with Crippen LogP contribution in [0.2, 0.25) is 5.15 Å². The number of amides is 1. The molecule has 0 spiro atoms. The molecule has 0 radical (unpaired) electrons. The highest BCUT2D eigenvalue weighted by molar-refractivity contribution is 6.29. The van der Waals surface area contributed by atoms with Crippen molar-refractivity contribution in [3.05, 3.63) is 28.5 Å². The van der Waals surface area contributed by atoms with E-state index in [4.69, 9.17) is 11.6 Å². The molecule has 0 saturated carbocycles. The summed E-state index contributed by atoms with van der Waals surface area (Å²) in [6.45, 7) is 7.43. The molecule has 0 aliphatic rings. The standard InChI is InChI=1S/C13H19ClN2O2/c1-8(2)13(4,18)7-15-12(17)10-5-6-11(14)16-9(10)3/h5-6,8,18H,7H2,1-4H3,(H,15,17). The van der Waals surface area contributed by atoms with Gasteiger partial charge in [0.05, 0.1) is 16.9 Å². The Kier molecular flexibility index (Phi) is 4.71. The van der Waals surface area contributed by atoms with Crippen LogP contribution in [0.15, 0.2) is 12.1 Å². The normalized spacial score (nSPS) is 14.4. The van der Waals surface area contributed by atoms with Crippen molar-refractivity contribution in [1.29, 1.82) is 0 Å². The predicted octanol–water partition coefficient (Wildman–Crippen LogP) is 2.18. The van der Waals surface area contributed by atoms with Crippen LogP contribution in [0.1, 0.15) is 36.8 Å². The van der Waals surface area contributed by atoms with Crippen molar-refractivity contribution in [2.24, 2.45) is 5.92 Å². The monoisotopic (exact) mass is 270 g/mol.